The zero-order valence-electron chi connectivity index (χ0n) is 16.0. The minimum atomic E-state index is -3.78. The molecule has 4 rings (SSSR count). The standard InChI is InChI=1S/C21H24N2O5S/c24-21(15-4-1-2-5-15)22-16-6-8-17(9-7-16)23-29(25,26)18-10-11-19-20(14-18)28-13-3-12-27-19/h6-11,14-15,23H,1-5,12-13H2,(H,22,24). The highest BCUT2D eigenvalue weighted by Crippen LogP contribution is 2.32. The fraction of sp³-hybridized carbons (Fsp3) is 0.381. The number of anilines is 2. The molecule has 8 heteroatoms. The molecule has 0 atom stereocenters. The number of ether oxygens (including phenoxy) is 2. The number of hydrogen-bond donors (Lipinski definition) is 2. The van der Waals surface area contributed by atoms with Crippen molar-refractivity contribution in [2.24, 2.45) is 5.92 Å². The first kappa shape index (κ1) is 19.6. The maximum absolute atomic E-state index is 12.7. The Hall–Kier alpha value is -2.74. The van der Waals surface area contributed by atoms with Crippen molar-refractivity contribution >= 4 is 27.3 Å². The topological polar surface area (TPSA) is 93.7 Å². The molecule has 0 saturated heterocycles. The van der Waals surface area contributed by atoms with Crippen LogP contribution >= 0.6 is 0 Å². The summed E-state index contributed by atoms with van der Waals surface area (Å²) in [5.74, 6) is 1.08. The zero-order chi connectivity index (χ0) is 20.3. The number of benzene rings is 2. The Balaban J connectivity index is 1.44. The molecule has 2 aromatic carbocycles. The molecule has 1 fully saturated rings. The predicted octanol–water partition coefficient (Wildman–Crippen LogP) is 3.78. The molecule has 0 spiro atoms. The SMILES string of the molecule is O=C(Nc1ccc(NS(=O)(=O)c2ccc3c(c2)OCCCO3)cc1)C1CCCC1. The summed E-state index contributed by atoms with van der Waals surface area (Å²) in [5, 5.41) is 2.90. The Kier molecular flexibility index (Phi) is 5.62. The first-order valence-corrected chi connectivity index (χ1v) is 11.3. The lowest BCUT2D eigenvalue weighted by molar-refractivity contribution is -0.119. The van der Waals surface area contributed by atoms with Crippen molar-refractivity contribution in [1.82, 2.24) is 0 Å². The van der Waals surface area contributed by atoms with Crippen molar-refractivity contribution in [2.45, 2.75) is 37.0 Å². The quantitative estimate of drug-likeness (QED) is 0.774. The zero-order valence-corrected chi connectivity index (χ0v) is 16.8. The van der Waals surface area contributed by atoms with Gasteiger partial charge < -0.3 is 14.8 Å². The molecule has 2 aliphatic rings. The molecule has 0 bridgehead atoms. The van der Waals surface area contributed by atoms with Crippen LogP contribution in [0.5, 0.6) is 11.5 Å². The second-order valence-corrected chi connectivity index (χ2v) is 8.99. The van der Waals surface area contributed by atoms with Crippen LogP contribution in [-0.4, -0.2) is 27.5 Å². The molecule has 1 saturated carbocycles. The lowest BCUT2D eigenvalue weighted by Crippen LogP contribution is -2.20. The third-order valence-electron chi connectivity index (χ3n) is 5.16. The van der Waals surface area contributed by atoms with Crippen LogP contribution in [0.3, 0.4) is 0 Å². The lowest BCUT2D eigenvalue weighted by Gasteiger charge is -2.13. The highest BCUT2D eigenvalue weighted by Gasteiger charge is 2.23. The van der Waals surface area contributed by atoms with Crippen LogP contribution in [-0.2, 0) is 14.8 Å². The smallest absolute Gasteiger partial charge is 0.262 e. The van der Waals surface area contributed by atoms with Gasteiger partial charge in [0.25, 0.3) is 10.0 Å². The highest BCUT2D eigenvalue weighted by atomic mass is 32.2. The normalized spacial score (nSPS) is 16.8. The van der Waals surface area contributed by atoms with Crippen LogP contribution in [0, 0.1) is 5.92 Å². The molecule has 154 valence electrons. The molecule has 0 radical (unpaired) electrons. The van der Waals surface area contributed by atoms with Gasteiger partial charge in [0, 0.05) is 29.8 Å². The molecule has 7 nitrogen and oxygen atoms in total. The first-order chi connectivity index (χ1) is 14.0. The number of hydrogen-bond acceptors (Lipinski definition) is 5. The summed E-state index contributed by atoms with van der Waals surface area (Å²) >= 11 is 0. The number of carbonyl (C=O) groups excluding carboxylic acids is 1. The summed E-state index contributed by atoms with van der Waals surface area (Å²) in [7, 11) is -3.78. The predicted molar refractivity (Wildman–Crippen MR) is 110 cm³/mol. The second kappa shape index (κ2) is 8.32. The summed E-state index contributed by atoms with van der Waals surface area (Å²) in [6.45, 7) is 1.03. The second-order valence-electron chi connectivity index (χ2n) is 7.31. The van der Waals surface area contributed by atoms with E-state index in [0.29, 0.717) is 36.1 Å². The van der Waals surface area contributed by atoms with Crippen molar-refractivity contribution in [1.29, 1.82) is 0 Å². The van der Waals surface area contributed by atoms with Crippen molar-refractivity contribution in [3.63, 3.8) is 0 Å². The molecular weight excluding hydrogens is 392 g/mol. The van der Waals surface area contributed by atoms with E-state index in [4.69, 9.17) is 9.47 Å². The monoisotopic (exact) mass is 416 g/mol. The van der Waals surface area contributed by atoms with Gasteiger partial charge in [0.05, 0.1) is 18.1 Å². The van der Waals surface area contributed by atoms with Crippen LogP contribution < -0.4 is 19.5 Å². The van der Waals surface area contributed by atoms with Gasteiger partial charge in [0.1, 0.15) is 0 Å². The Morgan fingerprint density at radius 2 is 1.52 bits per heavy atom. The van der Waals surface area contributed by atoms with Crippen molar-refractivity contribution in [2.75, 3.05) is 23.3 Å². The molecular formula is C21H24N2O5S. The summed E-state index contributed by atoms with van der Waals surface area (Å²) in [6.07, 6.45) is 4.80. The van der Waals surface area contributed by atoms with Gasteiger partial charge in [-0.15, -0.1) is 0 Å². The van der Waals surface area contributed by atoms with E-state index in [9.17, 15) is 13.2 Å². The van der Waals surface area contributed by atoms with E-state index in [2.05, 4.69) is 10.0 Å². The summed E-state index contributed by atoms with van der Waals surface area (Å²) in [5.41, 5.74) is 1.07. The molecule has 2 N–H and O–H groups in total. The fourth-order valence-electron chi connectivity index (χ4n) is 3.58. The Morgan fingerprint density at radius 3 is 2.24 bits per heavy atom. The Bertz CT molecular complexity index is 983. The largest absolute Gasteiger partial charge is 0.490 e. The van der Waals surface area contributed by atoms with Gasteiger partial charge in [0.15, 0.2) is 11.5 Å². The van der Waals surface area contributed by atoms with Gasteiger partial charge in [-0.25, -0.2) is 8.42 Å². The van der Waals surface area contributed by atoms with Gasteiger partial charge in [-0.3, -0.25) is 9.52 Å². The van der Waals surface area contributed by atoms with Crippen LogP contribution in [0.15, 0.2) is 47.4 Å². The van der Waals surface area contributed by atoms with Crippen molar-refractivity contribution in [3.8, 4) is 11.5 Å². The maximum Gasteiger partial charge on any atom is 0.262 e. The number of rotatable bonds is 5. The molecule has 0 aromatic heterocycles. The molecule has 29 heavy (non-hydrogen) atoms. The van der Waals surface area contributed by atoms with E-state index in [0.717, 1.165) is 32.1 Å². The number of sulfonamides is 1. The van der Waals surface area contributed by atoms with Crippen LogP contribution in [0.25, 0.3) is 0 Å². The lowest BCUT2D eigenvalue weighted by atomic mass is 10.1. The van der Waals surface area contributed by atoms with Crippen LogP contribution in [0.1, 0.15) is 32.1 Å². The summed E-state index contributed by atoms with van der Waals surface area (Å²) in [6, 6.07) is 11.2. The average Bonchev–Trinajstić information content (AvgIpc) is 3.15. The van der Waals surface area contributed by atoms with Gasteiger partial charge >= 0.3 is 0 Å². The number of amides is 1. The molecule has 1 heterocycles. The first-order valence-electron chi connectivity index (χ1n) is 9.85. The van der Waals surface area contributed by atoms with Crippen molar-refractivity contribution in [3.05, 3.63) is 42.5 Å². The third kappa shape index (κ3) is 4.64. The molecule has 0 unspecified atom stereocenters. The van der Waals surface area contributed by atoms with E-state index in [1.54, 1.807) is 30.3 Å². The Morgan fingerprint density at radius 1 is 0.862 bits per heavy atom. The summed E-state index contributed by atoms with van der Waals surface area (Å²) in [4.78, 5) is 12.3. The van der Waals surface area contributed by atoms with Crippen LogP contribution in [0.2, 0.25) is 0 Å². The fourth-order valence-corrected chi connectivity index (χ4v) is 4.65. The average molecular weight is 416 g/mol. The number of nitrogens with one attached hydrogen (secondary N) is 2. The van der Waals surface area contributed by atoms with Crippen LogP contribution in [0.4, 0.5) is 11.4 Å². The number of carbonyl (C=O) groups is 1. The minimum Gasteiger partial charge on any atom is -0.490 e. The molecule has 1 aliphatic carbocycles. The third-order valence-corrected chi connectivity index (χ3v) is 6.54. The maximum atomic E-state index is 12.7. The van der Waals surface area contributed by atoms with Gasteiger partial charge in [-0.2, -0.15) is 0 Å². The van der Waals surface area contributed by atoms with Gasteiger partial charge in [-0.05, 0) is 49.2 Å². The molecule has 1 amide bonds. The molecule has 2 aromatic rings. The Labute approximate surface area is 170 Å². The van der Waals surface area contributed by atoms with E-state index in [-0.39, 0.29) is 16.7 Å². The van der Waals surface area contributed by atoms with E-state index < -0.39 is 10.0 Å². The van der Waals surface area contributed by atoms with Crippen molar-refractivity contribution < 1.29 is 22.7 Å². The number of fused-ring (bicyclic) bond motifs is 1. The highest BCUT2D eigenvalue weighted by molar-refractivity contribution is 7.92. The van der Waals surface area contributed by atoms with E-state index in [1.165, 1.54) is 12.1 Å². The van der Waals surface area contributed by atoms with E-state index in [1.807, 2.05) is 0 Å². The molecule has 1 aliphatic heterocycles. The van der Waals surface area contributed by atoms with Gasteiger partial charge in [-0.1, -0.05) is 12.8 Å². The summed E-state index contributed by atoms with van der Waals surface area (Å²) < 4.78 is 39.1. The van der Waals surface area contributed by atoms with Gasteiger partial charge in [0.2, 0.25) is 5.91 Å². The minimum absolute atomic E-state index is 0.0306. The van der Waals surface area contributed by atoms with E-state index >= 15 is 0 Å².